The van der Waals surface area contributed by atoms with Gasteiger partial charge in [0.05, 0.1) is 12.1 Å². The minimum absolute atomic E-state index is 0.112. The van der Waals surface area contributed by atoms with Gasteiger partial charge in [0.15, 0.2) is 0 Å². The van der Waals surface area contributed by atoms with Gasteiger partial charge in [-0.05, 0) is 29.5 Å². The van der Waals surface area contributed by atoms with Crippen LogP contribution in [-0.2, 0) is 6.54 Å². The number of nitrogens with one attached hydrogen (secondary N) is 1. The van der Waals surface area contributed by atoms with Crippen molar-refractivity contribution in [3.05, 3.63) is 65.5 Å². The van der Waals surface area contributed by atoms with Crippen LogP contribution < -0.4 is 11.1 Å². The molecule has 0 saturated heterocycles. The third-order valence-electron chi connectivity index (χ3n) is 4.11. The fourth-order valence-corrected chi connectivity index (χ4v) is 2.56. The Labute approximate surface area is 138 Å². The third kappa shape index (κ3) is 4.86. The van der Waals surface area contributed by atoms with E-state index in [1.54, 1.807) is 6.92 Å². The molecular weight excluding hydrogens is 286 g/mol. The van der Waals surface area contributed by atoms with Gasteiger partial charge in [0.2, 0.25) is 0 Å². The quantitative estimate of drug-likeness (QED) is 0.735. The Bertz CT molecular complexity index is 599. The molecule has 2 aromatic rings. The lowest BCUT2D eigenvalue weighted by Crippen LogP contribution is -2.44. The van der Waals surface area contributed by atoms with Crippen LogP contribution >= 0.6 is 0 Å². The molecule has 0 fully saturated rings. The first kappa shape index (κ1) is 17.6. The van der Waals surface area contributed by atoms with Gasteiger partial charge >= 0.3 is 0 Å². The molecule has 4 nitrogen and oxygen atoms in total. The molecule has 0 aliphatic rings. The van der Waals surface area contributed by atoms with E-state index in [9.17, 15) is 5.11 Å². The van der Waals surface area contributed by atoms with Crippen LogP contribution in [0, 0.1) is 0 Å². The Morgan fingerprint density at radius 2 is 1.78 bits per heavy atom. The van der Waals surface area contributed by atoms with Crippen LogP contribution in [0.2, 0.25) is 0 Å². The van der Waals surface area contributed by atoms with Gasteiger partial charge in [0.25, 0.3) is 0 Å². The molecule has 124 valence electrons. The van der Waals surface area contributed by atoms with E-state index in [-0.39, 0.29) is 12.1 Å². The molecule has 4 heteroatoms. The molecule has 0 amide bonds. The molecule has 23 heavy (non-hydrogen) atoms. The fourth-order valence-electron chi connectivity index (χ4n) is 2.56. The Morgan fingerprint density at radius 3 is 2.39 bits per heavy atom. The van der Waals surface area contributed by atoms with Crippen LogP contribution in [0.25, 0.3) is 0 Å². The van der Waals surface area contributed by atoms with Gasteiger partial charge in [-0.25, -0.2) is 0 Å². The minimum atomic E-state index is -0.590. The molecule has 3 atom stereocenters. The molecule has 1 heterocycles. The summed E-state index contributed by atoms with van der Waals surface area (Å²) in [5.74, 6) is 0.451. The van der Waals surface area contributed by atoms with E-state index in [0.29, 0.717) is 12.5 Å². The van der Waals surface area contributed by atoms with Crippen molar-refractivity contribution in [2.75, 3.05) is 0 Å². The van der Waals surface area contributed by atoms with Gasteiger partial charge in [0.1, 0.15) is 0 Å². The SMILES string of the molecule is CC(C)c1cncc(CNC(c2ccccc2)[C@H](N)[C@@H](C)O)c1. The first-order valence-corrected chi connectivity index (χ1v) is 8.15. The zero-order chi connectivity index (χ0) is 16.8. The maximum atomic E-state index is 9.89. The Morgan fingerprint density at radius 1 is 1.09 bits per heavy atom. The molecule has 0 aliphatic heterocycles. The van der Waals surface area contributed by atoms with Gasteiger partial charge in [-0.3, -0.25) is 4.98 Å². The van der Waals surface area contributed by atoms with Crippen molar-refractivity contribution < 1.29 is 5.11 Å². The summed E-state index contributed by atoms with van der Waals surface area (Å²) in [5, 5.41) is 13.4. The van der Waals surface area contributed by atoms with E-state index in [0.717, 1.165) is 11.1 Å². The van der Waals surface area contributed by atoms with Gasteiger partial charge in [0, 0.05) is 25.0 Å². The number of nitrogens with two attached hydrogens (primary N) is 1. The maximum absolute atomic E-state index is 9.89. The van der Waals surface area contributed by atoms with E-state index in [2.05, 4.69) is 30.2 Å². The summed E-state index contributed by atoms with van der Waals surface area (Å²) in [5.41, 5.74) is 9.63. The normalized spacial score (nSPS) is 15.4. The van der Waals surface area contributed by atoms with E-state index in [1.165, 1.54) is 5.56 Å². The molecule has 0 spiro atoms. The number of nitrogens with zero attached hydrogens (tertiary/aromatic N) is 1. The monoisotopic (exact) mass is 313 g/mol. The average Bonchev–Trinajstić information content (AvgIpc) is 2.56. The summed E-state index contributed by atoms with van der Waals surface area (Å²) in [6.07, 6.45) is 3.19. The second-order valence-electron chi connectivity index (χ2n) is 6.37. The fraction of sp³-hybridized carbons (Fsp3) is 0.421. The van der Waals surface area contributed by atoms with Gasteiger partial charge < -0.3 is 16.2 Å². The second-order valence-corrected chi connectivity index (χ2v) is 6.37. The van der Waals surface area contributed by atoms with Crippen molar-refractivity contribution in [1.82, 2.24) is 10.3 Å². The Balaban J connectivity index is 2.14. The molecule has 1 aromatic carbocycles. The molecule has 0 aliphatic carbocycles. The predicted octanol–water partition coefficient (Wildman–Crippen LogP) is 2.74. The van der Waals surface area contributed by atoms with E-state index < -0.39 is 6.10 Å². The average molecular weight is 313 g/mol. The molecule has 0 radical (unpaired) electrons. The van der Waals surface area contributed by atoms with E-state index >= 15 is 0 Å². The number of benzene rings is 1. The molecule has 1 aromatic heterocycles. The van der Waals surface area contributed by atoms with Crippen molar-refractivity contribution in [1.29, 1.82) is 0 Å². The lowest BCUT2D eigenvalue weighted by Gasteiger charge is -2.27. The standard InChI is InChI=1S/C19H27N3O/c1-13(2)17-9-15(10-21-12-17)11-22-19(18(20)14(3)23)16-7-5-4-6-8-16/h4-10,12-14,18-19,22-23H,11,20H2,1-3H3/t14-,18-,19?/m1/s1. The number of aromatic nitrogens is 1. The smallest absolute Gasteiger partial charge is 0.0681 e. The molecule has 0 bridgehead atoms. The maximum Gasteiger partial charge on any atom is 0.0681 e. The van der Waals surface area contributed by atoms with E-state index in [4.69, 9.17) is 5.73 Å². The summed E-state index contributed by atoms with van der Waals surface area (Å²) in [4.78, 5) is 4.32. The van der Waals surface area contributed by atoms with Crippen molar-refractivity contribution in [2.24, 2.45) is 5.73 Å². The topological polar surface area (TPSA) is 71.2 Å². The first-order valence-electron chi connectivity index (χ1n) is 8.15. The molecule has 2 rings (SSSR count). The highest BCUT2D eigenvalue weighted by molar-refractivity contribution is 5.23. The van der Waals surface area contributed by atoms with Gasteiger partial charge in [-0.2, -0.15) is 0 Å². The van der Waals surface area contributed by atoms with Crippen LogP contribution in [0.3, 0.4) is 0 Å². The summed E-state index contributed by atoms with van der Waals surface area (Å²) >= 11 is 0. The van der Waals surface area contributed by atoms with Crippen molar-refractivity contribution in [3.63, 3.8) is 0 Å². The van der Waals surface area contributed by atoms with Crippen molar-refractivity contribution in [3.8, 4) is 0 Å². The second kappa shape index (κ2) is 8.20. The summed E-state index contributed by atoms with van der Waals surface area (Å²) in [6.45, 7) is 6.70. The summed E-state index contributed by atoms with van der Waals surface area (Å²) < 4.78 is 0. The van der Waals surface area contributed by atoms with Crippen LogP contribution in [0.5, 0.6) is 0 Å². The number of aliphatic hydroxyl groups excluding tert-OH is 1. The number of pyridine rings is 1. The highest BCUT2D eigenvalue weighted by Crippen LogP contribution is 2.19. The lowest BCUT2D eigenvalue weighted by molar-refractivity contribution is 0.142. The van der Waals surface area contributed by atoms with Gasteiger partial charge in [-0.1, -0.05) is 50.2 Å². The summed E-state index contributed by atoms with van der Waals surface area (Å²) in [6, 6.07) is 11.7. The lowest BCUT2D eigenvalue weighted by atomic mass is 9.96. The van der Waals surface area contributed by atoms with Crippen LogP contribution in [0.1, 0.15) is 49.4 Å². The Kier molecular flexibility index (Phi) is 6.28. The molecular formula is C19H27N3O. The largest absolute Gasteiger partial charge is 0.392 e. The summed E-state index contributed by atoms with van der Waals surface area (Å²) in [7, 11) is 0. The van der Waals surface area contributed by atoms with Crippen molar-refractivity contribution in [2.45, 2.75) is 51.4 Å². The van der Waals surface area contributed by atoms with Gasteiger partial charge in [-0.15, -0.1) is 0 Å². The highest BCUT2D eigenvalue weighted by Gasteiger charge is 2.23. The van der Waals surface area contributed by atoms with Crippen LogP contribution in [0.4, 0.5) is 0 Å². The van der Waals surface area contributed by atoms with Crippen molar-refractivity contribution >= 4 is 0 Å². The number of hydrogen-bond acceptors (Lipinski definition) is 4. The zero-order valence-corrected chi connectivity index (χ0v) is 14.1. The van der Waals surface area contributed by atoms with Crippen LogP contribution in [-0.4, -0.2) is 22.2 Å². The number of rotatable bonds is 7. The van der Waals surface area contributed by atoms with Crippen LogP contribution in [0.15, 0.2) is 48.8 Å². The third-order valence-corrected chi connectivity index (χ3v) is 4.11. The minimum Gasteiger partial charge on any atom is -0.392 e. The molecule has 0 saturated carbocycles. The molecule has 1 unspecified atom stereocenters. The number of aliphatic hydroxyl groups is 1. The predicted molar refractivity (Wildman–Crippen MR) is 94.0 cm³/mol. The Hall–Kier alpha value is -1.75. The molecule has 4 N–H and O–H groups in total. The first-order chi connectivity index (χ1) is 11.0. The number of hydrogen-bond donors (Lipinski definition) is 3. The van der Waals surface area contributed by atoms with E-state index in [1.807, 2.05) is 42.7 Å². The highest BCUT2D eigenvalue weighted by atomic mass is 16.3. The zero-order valence-electron chi connectivity index (χ0n) is 14.1.